The fraction of sp³-hybridized carbons (Fsp3) is 0.278. The molecule has 0 unspecified atom stereocenters. The monoisotopic (exact) mass is 357 g/mol. The van der Waals surface area contributed by atoms with E-state index in [1.807, 2.05) is 22.1 Å². The number of nitrogens with one attached hydrogen (secondary N) is 1. The van der Waals surface area contributed by atoms with Gasteiger partial charge in [-0.25, -0.2) is 9.78 Å². The maximum atomic E-state index is 12.8. The molecule has 3 aromatic rings. The van der Waals surface area contributed by atoms with Gasteiger partial charge in [-0.3, -0.25) is 4.79 Å². The molecule has 130 valence electrons. The van der Waals surface area contributed by atoms with Gasteiger partial charge in [0.25, 0.3) is 0 Å². The van der Waals surface area contributed by atoms with E-state index in [0.29, 0.717) is 29.1 Å². The summed E-state index contributed by atoms with van der Waals surface area (Å²) in [5.41, 5.74) is 2.14. The van der Waals surface area contributed by atoms with Gasteiger partial charge in [0.15, 0.2) is 5.78 Å². The predicted molar refractivity (Wildman–Crippen MR) is 96.1 cm³/mol. The number of aromatic nitrogens is 3. The first-order valence-corrected chi connectivity index (χ1v) is 8.85. The number of thiophene rings is 1. The van der Waals surface area contributed by atoms with E-state index in [4.69, 9.17) is 4.74 Å². The Labute approximate surface area is 149 Å². The van der Waals surface area contributed by atoms with Gasteiger partial charge in [0.1, 0.15) is 5.82 Å². The molecule has 0 aromatic carbocycles. The Balaban J connectivity index is 1.87. The Hall–Kier alpha value is -2.67. The Morgan fingerprint density at radius 3 is 2.84 bits per heavy atom. The lowest BCUT2D eigenvalue weighted by Gasteiger charge is -2.06. The van der Waals surface area contributed by atoms with Gasteiger partial charge in [0, 0.05) is 18.1 Å². The Morgan fingerprint density at radius 1 is 1.36 bits per heavy atom. The molecule has 0 aliphatic rings. The van der Waals surface area contributed by atoms with E-state index in [1.165, 1.54) is 0 Å². The third kappa shape index (κ3) is 3.28. The van der Waals surface area contributed by atoms with Crippen molar-refractivity contribution in [1.29, 1.82) is 0 Å². The first-order valence-electron chi connectivity index (χ1n) is 7.97. The number of carbonyl (C=O) groups excluding carboxylic acids is 2. The zero-order chi connectivity index (χ0) is 18.0. The molecule has 0 atom stereocenters. The molecular weight excluding hydrogens is 338 g/mol. The van der Waals surface area contributed by atoms with Gasteiger partial charge in [-0.1, -0.05) is 6.07 Å². The number of aryl methyl sites for hydroxylation is 1. The number of Topliss-reactive ketones (excluding diaryl/α,β-unsaturated/α-hetero) is 1. The van der Waals surface area contributed by atoms with Crippen molar-refractivity contribution in [2.75, 3.05) is 6.61 Å². The van der Waals surface area contributed by atoms with Gasteiger partial charge in [-0.2, -0.15) is 0 Å². The normalized spacial score (nSPS) is 10.8. The molecule has 3 heterocycles. The molecule has 0 aliphatic carbocycles. The molecule has 0 bridgehead atoms. The Kier molecular flexibility index (Phi) is 4.85. The quantitative estimate of drug-likeness (QED) is 0.540. The van der Waals surface area contributed by atoms with Gasteiger partial charge in [0.2, 0.25) is 0 Å². The third-order valence-corrected chi connectivity index (χ3v) is 4.83. The molecule has 3 rings (SSSR count). The van der Waals surface area contributed by atoms with E-state index < -0.39 is 5.97 Å². The summed E-state index contributed by atoms with van der Waals surface area (Å²) in [6.07, 6.45) is 3.46. The zero-order valence-corrected chi connectivity index (χ0v) is 15.1. The molecule has 0 radical (unpaired) electrons. The summed E-state index contributed by atoms with van der Waals surface area (Å²) in [4.78, 5) is 33.2. The topological polar surface area (TPSA) is 77.0 Å². The molecule has 1 N–H and O–H groups in total. The number of hydrogen-bond acceptors (Lipinski definition) is 5. The van der Waals surface area contributed by atoms with Crippen LogP contribution >= 0.6 is 11.3 Å². The average Bonchev–Trinajstić information content (AvgIpc) is 3.27. The minimum Gasteiger partial charge on any atom is -0.462 e. The van der Waals surface area contributed by atoms with E-state index in [9.17, 15) is 9.59 Å². The second kappa shape index (κ2) is 7.06. The number of esters is 1. The van der Waals surface area contributed by atoms with Crippen LogP contribution in [0.2, 0.25) is 0 Å². The second-order valence-corrected chi connectivity index (χ2v) is 6.57. The van der Waals surface area contributed by atoms with E-state index >= 15 is 0 Å². The van der Waals surface area contributed by atoms with Crippen molar-refractivity contribution in [3.05, 3.63) is 52.4 Å². The van der Waals surface area contributed by atoms with Crippen LogP contribution in [0, 0.1) is 13.8 Å². The molecule has 3 aromatic heterocycles. The smallest absolute Gasteiger partial charge is 0.340 e. The predicted octanol–water partition coefficient (Wildman–Crippen LogP) is 3.62. The zero-order valence-electron chi connectivity index (χ0n) is 14.3. The highest BCUT2D eigenvalue weighted by atomic mass is 32.1. The van der Waals surface area contributed by atoms with E-state index in [2.05, 4.69) is 9.97 Å². The van der Waals surface area contributed by atoms with Crippen molar-refractivity contribution in [1.82, 2.24) is 14.5 Å². The van der Waals surface area contributed by atoms with Crippen molar-refractivity contribution < 1.29 is 14.3 Å². The molecule has 0 fully saturated rings. The lowest BCUT2D eigenvalue weighted by atomic mass is 10.1. The van der Waals surface area contributed by atoms with Crippen LogP contribution in [0.15, 0.2) is 29.9 Å². The average molecular weight is 357 g/mol. The number of carbonyl (C=O) groups is 2. The highest BCUT2D eigenvalue weighted by molar-refractivity contribution is 7.13. The van der Waals surface area contributed by atoms with Gasteiger partial charge in [0.05, 0.1) is 29.3 Å². The number of hydrogen-bond donors (Lipinski definition) is 1. The van der Waals surface area contributed by atoms with Crippen LogP contribution in [0.5, 0.6) is 0 Å². The number of ether oxygens (including phenoxy) is 1. The molecule has 0 saturated carbocycles. The van der Waals surface area contributed by atoms with Gasteiger partial charge in [-0.15, -0.1) is 11.3 Å². The van der Waals surface area contributed by atoms with Crippen LogP contribution in [0.25, 0.3) is 10.7 Å². The molecule has 0 spiro atoms. The van der Waals surface area contributed by atoms with Crippen molar-refractivity contribution >= 4 is 23.1 Å². The van der Waals surface area contributed by atoms with Gasteiger partial charge < -0.3 is 14.3 Å². The molecule has 0 aliphatic heterocycles. The number of ketones is 1. The maximum Gasteiger partial charge on any atom is 0.340 e. The van der Waals surface area contributed by atoms with Gasteiger partial charge in [-0.05, 0) is 37.8 Å². The van der Waals surface area contributed by atoms with Crippen molar-refractivity contribution in [3.63, 3.8) is 0 Å². The number of H-pyrrole nitrogens is 1. The van der Waals surface area contributed by atoms with Gasteiger partial charge >= 0.3 is 5.97 Å². The Bertz CT molecular complexity index is 906. The standard InChI is InChI=1S/C18H19N3O3S/c1-4-24-18(23)15-11(2)16(20-12(15)3)13(22)10-21-8-7-19-17(21)14-6-5-9-25-14/h5-9,20H,4,10H2,1-3H3. The third-order valence-electron chi connectivity index (χ3n) is 3.97. The molecule has 6 nitrogen and oxygen atoms in total. The SMILES string of the molecule is CCOC(=O)c1c(C)[nH]c(C(=O)Cn2ccnc2-c2cccs2)c1C. The largest absolute Gasteiger partial charge is 0.462 e. The highest BCUT2D eigenvalue weighted by Crippen LogP contribution is 2.24. The van der Waals surface area contributed by atoms with E-state index in [-0.39, 0.29) is 12.3 Å². The van der Waals surface area contributed by atoms with Crippen LogP contribution in [-0.4, -0.2) is 32.9 Å². The maximum absolute atomic E-state index is 12.8. The molecule has 25 heavy (non-hydrogen) atoms. The van der Waals surface area contributed by atoms with Crippen LogP contribution in [-0.2, 0) is 11.3 Å². The molecule has 0 amide bonds. The minimum atomic E-state index is -0.408. The molecule has 0 saturated heterocycles. The molecule has 7 heteroatoms. The first kappa shape index (κ1) is 17.2. The first-order chi connectivity index (χ1) is 12.0. The van der Waals surface area contributed by atoms with Crippen LogP contribution in [0.3, 0.4) is 0 Å². The lowest BCUT2D eigenvalue weighted by Crippen LogP contribution is -2.13. The van der Waals surface area contributed by atoms with Crippen molar-refractivity contribution in [3.8, 4) is 10.7 Å². The van der Waals surface area contributed by atoms with E-state index in [1.54, 1.807) is 44.5 Å². The number of imidazole rings is 1. The summed E-state index contributed by atoms with van der Waals surface area (Å²) in [6, 6.07) is 3.92. The number of aromatic amines is 1. The summed E-state index contributed by atoms with van der Waals surface area (Å²) < 4.78 is 6.89. The van der Waals surface area contributed by atoms with Crippen molar-refractivity contribution in [2.45, 2.75) is 27.3 Å². The summed E-state index contributed by atoms with van der Waals surface area (Å²) in [5.74, 6) is 0.247. The minimum absolute atomic E-state index is 0.105. The van der Waals surface area contributed by atoms with E-state index in [0.717, 1.165) is 10.7 Å². The number of nitrogens with zero attached hydrogens (tertiary/aromatic N) is 2. The summed E-state index contributed by atoms with van der Waals surface area (Å²) in [5, 5.41) is 1.97. The second-order valence-electron chi connectivity index (χ2n) is 5.62. The van der Waals surface area contributed by atoms with Crippen LogP contribution in [0.1, 0.15) is 39.0 Å². The van der Waals surface area contributed by atoms with Crippen LogP contribution < -0.4 is 0 Å². The summed E-state index contributed by atoms with van der Waals surface area (Å²) in [7, 11) is 0. The summed E-state index contributed by atoms with van der Waals surface area (Å²) in [6.45, 7) is 5.73. The fourth-order valence-electron chi connectivity index (χ4n) is 2.84. The Morgan fingerprint density at radius 2 is 2.16 bits per heavy atom. The summed E-state index contributed by atoms with van der Waals surface area (Å²) >= 11 is 1.57. The molecular formula is C18H19N3O3S. The van der Waals surface area contributed by atoms with Crippen LogP contribution in [0.4, 0.5) is 0 Å². The highest BCUT2D eigenvalue weighted by Gasteiger charge is 2.23. The lowest BCUT2D eigenvalue weighted by molar-refractivity contribution is 0.0525. The fourth-order valence-corrected chi connectivity index (χ4v) is 3.58. The van der Waals surface area contributed by atoms with Crippen molar-refractivity contribution in [2.24, 2.45) is 0 Å². The number of rotatable bonds is 6.